The molecule has 1 atom stereocenters. The zero-order valence-corrected chi connectivity index (χ0v) is 14.4. The fraction of sp³-hybridized carbons (Fsp3) is 0.471. The third kappa shape index (κ3) is 3.41. The van der Waals surface area contributed by atoms with Crippen LogP contribution in [0.3, 0.4) is 0 Å². The van der Waals surface area contributed by atoms with Gasteiger partial charge in [-0.25, -0.2) is 18.9 Å². The lowest BCUT2D eigenvalue weighted by Crippen LogP contribution is -2.63. The molecule has 4 saturated heterocycles. The van der Waals surface area contributed by atoms with Crippen LogP contribution in [0.5, 0.6) is 0 Å². The average Bonchev–Trinajstić information content (AvgIpc) is 2.86. The van der Waals surface area contributed by atoms with Gasteiger partial charge in [-0.2, -0.15) is 13.2 Å². The predicted molar refractivity (Wildman–Crippen MR) is 86.0 cm³/mol. The molecule has 1 spiro atoms. The van der Waals surface area contributed by atoms with Gasteiger partial charge in [0.2, 0.25) is 5.60 Å². The van der Waals surface area contributed by atoms with Gasteiger partial charge in [-0.1, -0.05) is 12.1 Å². The molecule has 0 radical (unpaired) electrons. The molecule has 152 valence electrons. The molecule has 4 heterocycles. The van der Waals surface area contributed by atoms with E-state index >= 15 is 0 Å². The van der Waals surface area contributed by atoms with Gasteiger partial charge in [-0.15, -0.1) is 0 Å². The molecule has 7 nitrogen and oxygen atoms in total. The summed E-state index contributed by atoms with van der Waals surface area (Å²) in [6.45, 7) is 2.28. The van der Waals surface area contributed by atoms with E-state index in [-0.39, 0.29) is 11.6 Å². The Morgan fingerprint density at radius 1 is 1.18 bits per heavy atom. The molecule has 1 aromatic carbocycles. The number of carboxylic acid groups (broad SMARTS) is 1. The van der Waals surface area contributed by atoms with Crippen molar-refractivity contribution in [3.63, 3.8) is 0 Å². The highest BCUT2D eigenvalue weighted by atomic mass is 19.4. The van der Waals surface area contributed by atoms with Crippen LogP contribution < -0.4 is 4.90 Å². The number of aliphatic carboxylic acids is 1. The van der Waals surface area contributed by atoms with E-state index in [1.54, 1.807) is 6.07 Å². The lowest BCUT2D eigenvalue weighted by Gasteiger charge is -2.48. The number of halogens is 4. The fourth-order valence-electron chi connectivity index (χ4n) is 3.73. The van der Waals surface area contributed by atoms with Crippen molar-refractivity contribution in [1.29, 1.82) is 0 Å². The predicted octanol–water partition coefficient (Wildman–Crippen LogP) is 2.41. The molecule has 1 aromatic rings. The first-order valence-corrected chi connectivity index (χ1v) is 8.41. The Morgan fingerprint density at radius 2 is 1.75 bits per heavy atom. The van der Waals surface area contributed by atoms with Crippen molar-refractivity contribution >= 4 is 23.7 Å². The van der Waals surface area contributed by atoms with E-state index in [2.05, 4.69) is 4.90 Å². The number of para-hydroxylation sites is 1. The van der Waals surface area contributed by atoms with Crippen LogP contribution in [0, 0.1) is 11.7 Å². The topological polar surface area (TPSA) is 87.1 Å². The third-order valence-electron chi connectivity index (χ3n) is 5.06. The number of piperidine rings is 3. The van der Waals surface area contributed by atoms with E-state index in [0.29, 0.717) is 6.54 Å². The maximum atomic E-state index is 13.9. The number of hydrogen-bond acceptors (Lipinski definition) is 5. The molecule has 0 aromatic heterocycles. The standard InChI is InChI=1S/C15H15FN2O3.C2HF3O2/c16-11-3-1-2-4-12(11)18-13(19)15(21-14(18)20)9-17-7-5-10(15)6-8-17;3-2(4,5)1(6)7/h1-4,10H,5-9H2;(H,6,7). The molecular formula is C17H16F4N2O5. The number of alkyl halides is 3. The summed E-state index contributed by atoms with van der Waals surface area (Å²) < 4.78 is 51.1. The molecule has 1 N–H and O–H groups in total. The number of ether oxygens (including phenoxy) is 1. The number of benzene rings is 1. The van der Waals surface area contributed by atoms with Crippen LogP contribution in [0.15, 0.2) is 24.3 Å². The molecule has 4 aliphatic heterocycles. The molecular weight excluding hydrogens is 388 g/mol. The Hall–Kier alpha value is -2.69. The maximum absolute atomic E-state index is 13.9. The van der Waals surface area contributed by atoms with E-state index in [9.17, 15) is 27.2 Å². The minimum absolute atomic E-state index is 0.0270. The number of hydrogen-bond donors (Lipinski definition) is 1. The van der Waals surface area contributed by atoms with Crippen molar-refractivity contribution in [2.75, 3.05) is 24.5 Å². The molecule has 11 heteroatoms. The van der Waals surface area contributed by atoms with Crippen LogP contribution in [0.4, 0.5) is 28.0 Å². The number of carbonyl (C=O) groups excluding carboxylic acids is 2. The van der Waals surface area contributed by atoms with E-state index in [1.807, 2.05) is 0 Å². The zero-order valence-electron chi connectivity index (χ0n) is 14.4. The lowest BCUT2D eigenvalue weighted by atomic mass is 9.75. The van der Waals surface area contributed by atoms with Gasteiger partial charge in [0.15, 0.2) is 0 Å². The Morgan fingerprint density at radius 3 is 2.21 bits per heavy atom. The largest absolute Gasteiger partial charge is 0.490 e. The van der Waals surface area contributed by atoms with Crippen molar-refractivity contribution in [3.05, 3.63) is 30.1 Å². The molecule has 2 bridgehead atoms. The van der Waals surface area contributed by atoms with Crippen molar-refractivity contribution in [3.8, 4) is 0 Å². The summed E-state index contributed by atoms with van der Waals surface area (Å²) in [4.78, 5) is 36.9. The van der Waals surface area contributed by atoms with E-state index in [4.69, 9.17) is 14.6 Å². The monoisotopic (exact) mass is 404 g/mol. The Kier molecular flexibility index (Phi) is 5.04. The number of amides is 2. The van der Waals surface area contributed by atoms with Gasteiger partial charge in [-0.3, -0.25) is 9.69 Å². The summed E-state index contributed by atoms with van der Waals surface area (Å²) in [6, 6.07) is 5.78. The number of carboxylic acids is 1. The SMILES string of the molecule is O=C(O)C(F)(F)F.O=C1OC2(CN3CCC2CC3)C(=O)N1c1ccccc1F. The number of rotatable bonds is 1. The Labute approximate surface area is 156 Å². The zero-order chi connectivity index (χ0) is 20.7. The van der Waals surface area contributed by atoms with E-state index < -0.39 is 35.6 Å². The van der Waals surface area contributed by atoms with E-state index in [0.717, 1.165) is 30.8 Å². The molecule has 4 aliphatic rings. The van der Waals surface area contributed by atoms with Crippen LogP contribution in [0.1, 0.15) is 12.8 Å². The van der Waals surface area contributed by atoms with Crippen LogP contribution in [0.25, 0.3) is 0 Å². The van der Waals surface area contributed by atoms with Gasteiger partial charge in [0.25, 0.3) is 5.91 Å². The highest BCUT2D eigenvalue weighted by Gasteiger charge is 2.62. The highest BCUT2D eigenvalue weighted by Crippen LogP contribution is 2.44. The highest BCUT2D eigenvalue weighted by molar-refractivity contribution is 6.20. The molecule has 0 aliphatic carbocycles. The second-order valence-corrected chi connectivity index (χ2v) is 6.70. The van der Waals surface area contributed by atoms with Gasteiger partial charge in [0.05, 0.1) is 5.69 Å². The van der Waals surface area contributed by atoms with Crippen molar-refractivity contribution in [2.45, 2.75) is 24.6 Å². The van der Waals surface area contributed by atoms with Gasteiger partial charge in [0.1, 0.15) is 5.82 Å². The Bertz CT molecular complexity index is 807. The van der Waals surface area contributed by atoms with Gasteiger partial charge in [-0.05, 0) is 38.1 Å². The van der Waals surface area contributed by atoms with Crippen molar-refractivity contribution < 1.29 is 41.8 Å². The first kappa shape index (κ1) is 20.1. The minimum atomic E-state index is -5.08. The molecule has 5 rings (SSSR count). The normalized spacial score (nSPS) is 28.8. The molecule has 2 amide bonds. The summed E-state index contributed by atoms with van der Waals surface area (Å²) in [5.41, 5.74) is -1.14. The summed E-state index contributed by atoms with van der Waals surface area (Å²) in [6.07, 6.45) is -4.17. The fourth-order valence-corrected chi connectivity index (χ4v) is 3.73. The van der Waals surface area contributed by atoms with Gasteiger partial charge < -0.3 is 9.84 Å². The van der Waals surface area contributed by atoms with Crippen LogP contribution in [0.2, 0.25) is 0 Å². The first-order valence-electron chi connectivity index (χ1n) is 8.41. The van der Waals surface area contributed by atoms with Crippen LogP contribution in [-0.2, 0) is 14.3 Å². The minimum Gasteiger partial charge on any atom is -0.475 e. The number of imide groups is 1. The molecule has 28 heavy (non-hydrogen) atoms. The molecule has 0 saturated carbocycles. The Balaban J connectivity index is 0.000000279. The lowest BCUT2D eigenvalue weighted by molar-refractivity contribution is -0.192. The quantitative estimate of drug-likeness (QED) is 0.724. The number of fused-ring (bicyclic) bond motifs is 2. The first-order chi connectivity index (χ1) is 13.1. The van der Waals surface area contributed by atoms with E-state index in [1.165, 1.54) is 18.2 Å². The number of nitrogens with zero attached hydrogens (tertiary/aromatic N) is 2. The summed E-state index contributed by atoms with van der Waals surface area (Å²) in [5.74, 6) is -3.74. The van der Waals surface area contributed by atoms with Crippen LogP contribution in [-0.4, -0.2) is 59.4 Å². The third-order valence-corrected chi connectivity index (χ3v) is 5.06. The second-order valence-electron chi connectivity index (χ2n) is 6.70. The van der Waals surface area contributed by atoms with Gasteiger partial charge in [0, 0.05) is 12.5 Å². The summed E-state index contributed by atoms with van der Waals surface area (Å²) >= 11 is 0. The van der Waals surface area contributed by atoms with Gasteiger partial charge >= 0.3 is 18.2 Å². The molecule has 4 fully saturated rings. The summed E-state index contributed by atoms with van der Waals surface area (Å²) in [7, 11) is 0. The second kappa shape index (κ2) is 7.04. The van der Waals surface area contributed by atoms with Crippen LogP contribution >= 0.6 is 0 Å². The number of anilines is 1. The number of carbonyl (C=O) groups is 3. The molecule has 1 unspecified atom stereocenters. The maximum Gasteiger partial charge on any atom is 0.490 e. The average molecular weight is 404 g/mol. The summed E-state index contributed by atoms with van der Waals surface area (Å²) in [5, 5.41) is 7.12. The van der Waals surface area contributed by atoms with Crippen molar-refractivity contribution in [2.24, 2.45) is 5.92 Å². The smallest absolute Gasteiger partial charge is 0.475 e. The van der Waals surface area contributed by atoms with Crippen molar-refractivity contribution in [1.82, 2.24) is 4.90 Å².